The maximum absolute atomic E-state index is 11.8. The molecule has 5 heteroatoms. The lowest BCUT2D eigenvalue weighted by molar-refractivity contribution is 0.567. The van der Waals surface area contributed by atoms with Gasteiger partial charge < -0.3 is 9.88 Å². The summed E-state index contributed by atoms with van der Waals surface area (Å²) in [6.07, 6.45) is 7.12. The number of hydrogen-bond acceptors (Lipinski definition) is 4. The zero-order valence-corrected chi connectivity index (χ0v) is 12.2. The molecule has 106 valence electrons. The summed E-state index contributed by atoms with van der Waals surface area (Å²) < 4.78 is 0. The third-order valence-corrected chi connectivity index (χ3v) is 2.92. The fraction of sp³-hybridized carbons (Fsp3) is 0.188. The van der Waals surface area contributed by atoms with Crippen LogP contribution in [0.2, 0.25) is 0 Å². The Morgan fingerprint density at radius 1 is 1.33 bits per heavy atom. The van der Waals surface area contributed by atoms with Gasteiger partial charge in [-0.2, -0.15) is 5.26 Å². The molecule has 0 aliphatic carbocycles. The van der Waals surface area contributed by atoms with Crippen LogP contribution in [-0.2, 0) is 0 Å². The summed E-state index contributed by atoms with van der Waals surface area (Å²) in [6, 6.07) is 5.48. The van der Waals surface area contributed by atoms with Crippen molar-refractivity contribution in [3.05, 3.63) is 57.9 Å². The van der Waals surface area contributed by atoms with E-state index in [0.717, 1.165) is 16.7 Å². The minimum atomic E-state index is -0.389. The van der Waals surface area contributed by atoms with Crippen molar-refractivity contribution >= 4 is 6.08 Å². The van der Waals surface area contributed by atoms with Crippen molar-refractivity contribution in [3.63, 3.8) is 0 Å². The summed E-state index contributed by atoms with van der Waals surface area (Å²) in [5.74, 6) is 0. The molecule has 0 saturated carbocycles. The number of hydrogen-bond donors (Lipinski definition) is 1. The summed E-state index contributed by atoms with van der Waals surface area (Å²) in [5, 5.41) is 9.04. The van der Waals surface area contributed by atoms with Gasteiger partial charge in [0.05, 0.1) is 5.69 Å². The SMILES string of the molecule is Cc1cncc(-c2cc(C#N)c(=O)[nH]c2C=CN(C)C)c1. The van der Waals surface area contributed by atoms with Gasteiger partial charge >= 0.3 is 0 Å². The van der Waals surface area contributed by atoms with Crippen LogP contribution < -0.4 is 5.56 Å². The van der Waals surface area contributed by atoms with Crippen molar-refractivity contribution in [2.24, 2.45) is 0 Å². The smallest absolute Gasteiger partial charge is 0.266 e. The molecular weight excluding hydrogens is 264 g/mol. The maximum atomic E-state index is 11.8. The Morgan fingerprint density at radius 2 is 2.10 bits per heavy atom. The Hall–Kier alpha value is -2.87. The van der Waals surface area contributed by atoms with E-state index in [4.69, 9.17) is 5.26 Å². The monoisotopic (exact) mass is 280 g/mol. The van der Waals surface area contributed by atoms with E-state index in [9.17, 15) is 4.79 Å². The number of aryl methyl sites for hydroxylation is 1. The molecule has 2 heterocycles. The molecule has 0 fully saturated rings. The van der Waals surface area contributed by atoms with Crippen LogP contribution in [0.25, 0.3) is 17.2 Å². The zero-order chi connectivity index (χ0) is 15.4. The van der Waals surface area contributed by atoms with Crippen LogP contribution in [0.5, 0.6) is 0 Å². The highest BCUT2D eigenvalue weighted by molar-refractivity contribution is 5.73. The van der Waals surface area contributed by atoms with E-state index in [1.54, 1.807) is 24.5 Å². The molecule has 21 heavy (non-hydrogen) atoms. The number of nitriles is 1. The van der Waals surface area contributed by atoms with E-state index in [0.29, 0.717) is 5.69 Å². The number of aromatic nitrogens is 2. The molecule has 0 aliphatic heterocycles. The second-order valence-electron chi connectivity index (χ2n) is 4.98. The molecule has 0 aliphatic rings. The van der Waals surface area contributed by atoms with Gasteiger partial charge in [0.25, 0.3) is 5.56 Å². The third kappa shape index (κ3) is 3.37. The number of nitrogens with one attached hydrogen (secondary N) is 1. The minimum Gasteiger partial charge on any atom is -0.383 e. The van der Waals surface area contributed by atoms with E-state index in [1.807, 2.05) is 44.3 Å². The van der Waals surface area contributed by atoms with Gasteiger partial charge in [-0.05, 0) is 30.7 Å². The van der Waals surface area contributed by atoms with Crippen LogP contribution in [0.15, 0.2) is 35.5 Å². The first kappa shape index (κ1) is 14.5. The largest absolute Gasteiger partial charge is 0.383 e. The number of rotatable bonds is 3. The fourth-order valence-corrected chi connectivity index (χ4v) is 1.92. The van der Waals surface area contributed by atoms with Crippen molar-refractivity contribution in [1.29, 1.82) is 5.26 Å². The van der Waals surface area contributed by atoms with Crippen molar-refractivity contribution in [2.45, 2.75) is 6.92 Å². The van der Waals surface area contributed by atoms with Crippen LogP contribution >= 0.6 is 0 Å². The lowest BCUT2D eigenvalue weighted by Crippen LogP contribution is -2.12. The van der Waals surface area contributed by atoms with Gasteiger partial charge in [0.15, 0.2) is 0 Å². The average molecular weight is 280 g/mol. The highest BCUT2D eigenvalue weighted by Gasteiger charge is 2.09. The molecule has 2 rings (SSSR count). The molecule has 0 radical (unpaired) electrons. The Kier molecular flexibility index (Phi) is 4.19. The highest BCUT2D eigenvalue weighted by Crippen LogP contribution is 2.23. The van der Waals surface area contributed by atoms with Gasteiger partial charge in [-0.25, -0.2) is 0 Å². The summed E-state index contributed by atoms with van der Waals surface area (Å²) >= 11 is 0. The molecular formula is C16H16N4O. The molecule has 0 spiro atoms. The van der Waals surface area contributed by atoms with E-state index in [-0.39, 0.29) is 11.1 Å². The molecule has 0 atom stereocenters. The second-order valence-corrected chi connectivity index (χ2v) is 4.98. The maximum Gasteiger partial charge on any atom is 0.266 e. The molecule has 2 aromatic heterocycles. The van der Waals surface area contributed by atoms with Gasteiger partial charge in [-0.1, -0.05) is 0 Å². The van der Waals surface area contributed by atoms with Crippen LogP contribution in [0, 0.1) is 18.3 Å². The molecule has 0 unspecified atom stereocenters. The van der Waals surface area contributed by atoms with Crippen LogP contribution in [0.1, 0.15) is 16.8 Å². The van der Waals surface area contributed by atoms with E-state index < -0.39 is 0 Å². The number of aromatic amines is 1. The lowest BCUT2D eigenvalue weighted by atomic mass is 10.0. The Bertz CT molecular complexity index is 782. The van der Waals surface area contributed by atoms with Gasteiger partial charge in [-0.15, -0.1) is 0 Å². The Labute approximate surface area is 123 Å². The zero-order valence-electron chi connectivity index (χ0n) is 12.2. The van der Waals surface area contributed by atoms with Crippen LogP contribution in [0.4, 0.5) is 0 Å². The van der Waals surface area contributed by atoms with Gasteiger partial charge in [0, 0.05) is 43.8 Å². The molecule has 1 N–H and O–H groups in total. The summed E-state index contributed by atoms with van der Waals surface area (Å²) in [5.41, 5.74) is 3.01. The first-order valence-electron chi connectivity index (χ1n) is 6.45. The molecule has 0 bridgehead atoms. The standard InChI is InChI=1S/C16H16N4O/c1-11-6-13(10-18-9-11)14-7-12(8-17)16(21)19-15(14)4-5-20(2)3/h4-7,9-10H,1-3H3,(H,19,21). The van der Waals surface area contributed by atoms with Crippen LogP contribution in [0.3, 0.4) is 0 Å². The average Bonchev–Trinajstić information content (AvgIpc) is 2.45. The fourth-order valence-electron chi connectivity index (χ4n) is 1.92. The summed E-state index contributed by atoms with van der Waals surface area (Å²) in [6.45, 7) is 1.95. The predicted molar refractivity (Wildman–Crippen MR) is 82.5 cm³/mol. The topological polar surface area (TPSA) is 72.8 Å². The van der Waals surface area contributed by atoms with Gasteiger partial charge in [0.2, 0.25) is 0 Å². The molecule has 0 aromatic carbocycles. The molecule has 0 amide bonds. The minimum absolute atomic E-state index is 0.0912. The second kappa shape index (κ2) is 6.06. The number of pyridine rings is 2. The van der Waals surface area contributed by atoms with Gasteiger partial charge in [-0.3, -0.25) is 9.78 Å². The summed E-state index contributed by atoms with van der Waals surface area (Å²) in [4.78, 5) is 20.6. The summed E-state index contributed by atoms with van der Waals surface area (Å²) in [7, 11) is 3.79. The molecule has 2 aromatic rings. The van der Waals surface area contributed by atoms with E-state index in [1.165, 1.54) is 0 Å². The van der Waals surface area contributed by atoms with E-state index in [2.05, 4.69) is 9.97 Å². The van der Waals surface area contributed by atoms with E-state index >= 15 is 0 Å². The van der Waals surface area contributed by atoms with Crippen molar-refractivity contribution in [2.75, 3.05) is 14.1 Å². The third-order valence-electron chi connectivity index (χ3n) is 2.92. The molecule has 5 nitrogen and oxygen atoms in total. The Balaban J connectivity index is 2.67. The number of nitrogens with zero attached hydrogens (tertiary/aromatic N) is 3. The van der Waals surface area contributed by atoms with Crippen LogP contribution in [-0.4, -0.2) is 29.0 Å². The molecule has 0 saturated heterocycles. The van der Waals surface area contributed by atoms with Crippen molar-refractivity contribution < 1.29 is 0 Å². The number of H-pyrrole nitrogens is 1. The first-order chi connectivity index (χ1) is 10.0. The normalized spacial score (nSPS) is 10.6. The lowest BCUT2D eigenvalue weighted by Gasteiger charge is -2.09. The highest BCUT2D eigenvalue weighted by atomic mass is 16.1. The van der Waals surface area contributed by atoms with Crippen molar-refractivity contribution in [3.8, 4) is 17.2 Å². The first-order valence-corrected chi connectivity index (χ1v) is 6.45. The van der Waals surface area contributed by atoms with Crippen molar-refractivity contribution in [1.82, 2.24) is 14.9 Å². The quantitative estimate of drug-likeness (QED) is 0.935. The Morgan fingerprint density at radius 3 is 2.71 bits per heavy atom. The van der Waals surface area contributed by atoms with Gasteiger partial charge in [0.1, 0.15) is 11.6 Å². The predicted octanol–water partition coefficient (Wildman–Crippen LogP) is 2.15.